The number of benzene rings is 2. The molecular weight excluding hydrogens is 377 g/mol. The summed E-state index contributed by atoms with van der Waals surface area (Å²) in [7, 11) is 0. The predicted molar refractivity (Wildman–Crippen MR) is 96.6 cm³/mol. The van der Waals surface area contributed by atoms with Gasteiger partial charge in [-0.05, 0) is 43.2 Å². The molecule has 0 radical (unpaired) electrons. The summed E-state index contributed by atoms with van der Waals surface area (Å²) in [6.07, 6.45) is -3.98. The van der Waals surface area contributed by atoms with E-state index in [0.29, 0.717) is 12.1 Å². The van der Waals surface area contributed by atoms with Gasteiger partial charge in [-0.2, -0.15) is 13.2 Å². The number of para-hydroxylation sites is 1. The average Bonchev–Trinajstić information content (AvgIpc) is 3.12. The highest BCUT2D eigenvalue weighted by Gasteiger charge is 2.57. The first-order valence-electron chi connectivity index (χ1n) is 8.33. The molecule has 1 atom stereocenters. The molecule has 0 spiro atoms. The summed E-state index contributed by atoms with van der Waals surface area (Å²) < 4.78 is 39.4. The van der Waals surface area contributed by atoms with Gasteiger partial charge >= 0.3 is 6.18 Å². The number of nitrogens with one attached hydrogen (secondary N) is 1. The third-order valence-corrected chi connectivity index (χ3v) is 6.30. The second-order valence-electron chi connectivity index (χ2n) is 6.56. The maximum atomic E-state index is 13.1. The molecule has 2 amide bonds. The Labute approximate surface area is 157 Å². The van der Waals surface area contributed by atoms with Crippen LogP contribution in [0.15, 0.2) is 47.4 Å². The fourth-order valence-electron chi connectivity index (χ4n) is 3.53. The molecule has 0 unspecified atom stereocenters. The summed E-state index contributed by atoms with van der Waals surface area (Å²) in [5.41, 5.74) is 0.0155. The van der Waals surface area contributed by atoms with Crippen molar-refractivity contribution in [2.45, 2.75) is 35.7 Å². The predicted octanol–water partition coefficient (Wildman–Crippen LogP) is 4.58. The van der Waals surface area contributed by atoms with Gasteiger partial charge < -0.3 is 5.32 Å². The average molecular weight is 392 g/mol. The first-order chi connectivity index (χ1) is 12.7. The van der Waals surface area contributed by atoms with Crippen molar-refractivity contribution in [3.05, 3.63) is 53.6 Å². The van der Waals surface area contributed by atoms with Crippen LogP contribution in [0.25, 0.3) is 0 Å². The van der Waals surface area contributed by atoms with Gasteiger partial charge in [0.05, 0.1) is 11.3 Å². The first kappa shape index (κ1) is 17.9. The van der Waals surface area contributed by atoms with Crippen LogP contribution in [-0.2, 0) is 15.8 Å². The number of carbonyl (C=O) groups is 2. The monoisotopic (exact) mass is 392 g/mol. The molecule has 0 aliphatic carbocycles. The standard InChI is InChI=1S/C19H15F3N2O2S/c1-11-6-7-12(10-13(11)19(20,21)22)23-17(26)18-9-8-16(25)24(18)14-4-2-3-5-15(14)27-18/h2-7,10H,8-9H2,1H3,(H,23,26)/t18-/m0/s1. The molecule has 27 heavy (non-hydrogen) atoms. The van der Waals surface area contributed by atoms with E-state index in [2.05, 4.69) is 5.32 Å². The maximum Gasteiger partial charge on any atom is 0.416 e. The van der Waals surface area contributed by atoms with Gasteiger partial charge in [-0.25, -0.2) is 0 Å². The molecule has 1 saturated heterocycles. The van der Waals surface area contributed by atoms with Crippen LogP contribution in [-0.4, -0.2) is 16.7 Å². The number of aryl methyl sites for hydroxylation is 1. The zero-order chi connectivity index (χ0) is 19.4. The van der Waals surface area contributed by atoms with E-state index in [4.69, 9.17) is 0 Å². The van der Waals surface area contributed by atoms with Crippen molar-refractivity contribution >= 4 is 35.0 Å². The summed E-state index contributed by atoms with van der Waals surface area (Å²) in [6, 6.07) is 10.9. The Morgan fingerprint density at radius 1 is 1.22 bits per heavy atom. The molecule has 2 aromatic carbocycles. The maximum absolute atomic E-state index is 13.1. The Bertz CT molecular complexity index is 960. The molecular formula is C19H15F3N2O2S. The molecule has 0 saturated carbocycles. The third-order valence-electron chi connectivity index (χ3n) is 4.83. The lowest BCUT2D eigenvalue weighted by Gasteiger charge is -2.29. The van der Waals surface area contributed by atoms with Crippen molar-refractivity contribution < 1.29 is 22.8 Å². The Kier molecular flexibility index (Phi) is 3.99. The normalized spacial score (nSPS) is 21.2. The van der Waals surface area contributed by atoms with E-state index in [0.717, 1.165) is 11.0 Å². The molecule has 140 valence electrons. The summed E-state index contributed by atoms with van der Waals surface area (Å²) in [4.78, 5) is 26.6. The lowest BCUT2D eigenvalue weighted by atomic mass is 10.1. The van der Waals surface area contributed by atoms with Crippen LogP contribution >= 0.6 is 11.8 Å². The summed E-state index contributed by atoms with van der Waals surface area (Å²) in [5, 5.41) is 2.59. The quantitative estimate of drug-likeness (QED) is 0.814. The fraction of sp³-hybridized carbons (Fsp3) is 0.263. The Morgan fingerprint density at radius 2 is 1.96 bits per heavy atom. The summed E-state index contributed by atoms with van der Waals surface area (Å²) >= 11 is 1.27. The van der Waals surface area contributed by atoms with Crippen molar-refractivity contribution in [3.8, 4) is 0 Å². The summed E-state index contributed by atoms with van der Waals surface area (Å²) in [6.45, 7) is 1.37. The lowest BCUT2D eigenvalue weighted by Crippen LogP contribution is -2.49. The van der Waals surface area contributed by atoms with Crippen LogP contribution in [0.4, 0.5) is 24.5 Å². The molecule has 2 aromatic rings. The summed E-state index contributed by atoms with van der Waals surface area (Å²) in [5.74, 6) is -0.658. The van der Waals surface area contributed by atoms with Crippen LogP contribution in [0.3, 0.4) is 0 Å². The second kappa shape index (κ2) is 6.02. The topological polar surface area (TPSA) is 49.4 Å². The number of amides is 2. The number of hydrogen-bond acceptors (Lipinski definition) is 3. The molecule has 2 aliphatic rings. The van der Waals surface area contributed by atoms with Crippen LogP contribution < -0.4 is 10.2 Å². The van der Waals surface area contributed by atoms with Gasteiger partial charge in [0, 0.05) is 17.0 Å². The van der Waals surface area contributed by atoms with E-state index in [1.807, 2.05) is 12.1 Å². The molecule has 8 heteroatoms. The minimum Gasteiger partial charge on any atom is -0.323 e. The molecule has 1 fully saturated rings. The van der Waals surface area contributed by atoms with Crippen LogP contribution in [0.2, 0.25) is 0 Å². The smallest absolute Gasteiger partial charge is 0.323 e. The number of alkyl halides is 3. The second-order valence-corrected chi connectivity index (χ2v) is 7.88. The van der Waals surface area contributed by atoms with Crippen LogP contribution in [0.5, 0.6) is 0 Å². The van der Waals surface area contributed by atoms with Gasteiger partial charge in [-0.3, -0.25) is 14.5 Å². The van der Waals surface area contributed by atoms with Crippen molar-refractivity contribution in [1.29, 1.82) is 0 Å². The highest BCUT2D eigenvalue weighted by atomic mass is 32.2. The minimum absolute atomic E-state index is 0.0585. The molecule has 1 N–H and O–H groups in total. The lowest BCUT2D eigenvalue weighted by molar-refractivity contribution is -0.138. The Morgan fingerprint density at radius 3 is 2.70 bits per heavy atom. The van der Waals surface area contributed by atoms with Crippen LogP contribution in [0.1, 0.15) is 24.0 Å². The number of rotatable bonds is 2. The van der Waals surface area contributed by atoms with E-state index >= 15 is 0 Å². The van der Waals surface area contributed by atoms with Crippen molar-refractivity contribution in [2.75, 3.05) is 10.2 Å². The van der Waals surface area contributed by atoms with Crippen molar-refractivity contribution in [2.24, 2.45) is 0 Å². The molecule has 4 rings (SSSR count). The first-order valence-corrected chi connectivity index (χ1v) is 9.14. The SMILES string of the molecule is Cc1ccc(NC(=O)[C@@]23CCC(=O)N2c2ccccc2S3)cc1C(F)(F)F. The van der Waals surface area contributed by atoms with E-state index in [1.165, 1.54) is 35.7 Å². The third kappa shape index (κ3) is 2.79. The Hall–Kier alpha value is -2.48. The molecule has 0 bridgehead atoms. The van der Waals surface area contributed by atoms with E-state index in [-0.39, 0.29) is 23.6 Å². The van der Waals surface area contributed by atoms with Crippen molar-refractivity contribution in [1.82, 2.24) is 0 Å². The van der Waals surface area contributed by atoms with E-state index in [1.54, 1.807) is 12.1 Å². The number of carbonyl (C=O) groups excluding carboxylic acids is 2. The molecule has 2 aliphatic heterocycles. The number of hydrogen-bond donors (Lipinski definition) is 1. The molecule has 4 nitrogen and oxygen atoms in total. The molecule has 2 heterocycles. The highest BCUT2D eigenvalue weighted by molar-refractivity contribution is 8.02. The van der Waals surface area contributed by atoms with Gasteiger partial charge in [0.1, 0.15) is 0 Å². The van der Waals surface area contributed by atoms with Gasteiger partial charge in [-0.15, -0.1) is 0 Å². The number of nitrogens with zero attached hydrogens (tertiary/aromatic N) is 1. The zero-order valence-electron chi connectivity index (χ0n) is 14.3. The van der Waals surface area contributed by atoms with Crippen molar-refractivity contribution in [3.63, 3.8) is 0 Å². The van der Waals surface area contributed by atoms with Crippen LogP contribution in [0, 0.1) is 6.92 Å². The zero-order valence-corrected chi connectivity index (χ0v) is 15.1. The number of fused-ring (bicyclic) bond motifs is 3. The number of halogens is 3. The molecule has 0 aromatic heterocycles. The van der Waals surface area contributed by atoms with Gasteiger partial charge in [0.25, 0.3) is 5.91 Å². The Balaban J connectivity index is 1.67. The number of thioether (sulfide) groups is 1. The van der Waals surface area contributed by atoms with Gasteiger partial charge in [0.15, 0.2) is 4.87 Å². The van der Waals surface area contributed by atoms with E-state index in [9.17, 15) is 22.8 Å². The largest absolute Gasteiger partial charge is 0.416 e. The minimum atomic E-state index is -4.50. The van der Waals surface area contributed by atoms with Gasteiger partial charge in [0.2, 0.25) is 5.91 Å². The van der Waals surface area contributed by atoms with Gasteiger partial charge in [-0.1, -0.05) is 30.0 Å². The fourth-order valence-corrected chi connectivity index (χ4v) is 4.95. The number of anilines is 2. The highest BCUT2D eigenvalue weighted by Crippen LogP contribution is 2.56. The van der Waals surface area contributed by atoms with E-state index < -0.39 is 22.5 Å².